The van der Waals surface area contributed by atoms with Gasteiger partial charge in [-0.1, -0.05) is 40.7 Å². The third-order valence-electron chi connectivity index (χ3n) is 12.7. The molecule has 3 nitrogen and oxygen atoms in total. The van der Waals surface area contributed by atoms with Gasteiger partial charge in [0.25, 0.3) is 0 Å². The maximum Gasteiger partial charge on any atom is 0.192 e. The molecule has 0 saturated heterocycles. The van der Waals surface area contributed by atoms with Gasteiger partial charge in [0.1, 0.15) is 5.60 Å². The van der Waals surface area contributed by atoms with Crippen LogP contribution in [0.1, 0.15) is 105 Å². The molecule has 4 fully saturated rings. The highest BCUT2D eigenvalue weighted by atomic mass is 28.4. The van der Waals surface area contributed by atoms with Crippen molar-refractivity contribution in [2.45, 2.75) is 129 Å². The SMILES string of the molecule is CC(C)(C)[Si](C)(C)O[C@H]1CC[C@@]2(C)[C@@H](CC[C@@H]3[C@@H]2CC[C@@]2(C)[C@H]3CC[C@@H]2[C@@](C)(O)c2ccccn2)C1. The van der Waals surface area contributed by atoms with E-state index in [-0.39, 0.29) is 10.5 Å². The summed E-state index contributed by atoms with van der Waals surface area (Å²) in [6.07, 6.45) is 14.0. The second-order valence-electron chi connectivity index (χ2n) is 15.5. The molecule has 1 N–H and O–H groups in total. The topological polar surface area (TPSA) is 42.4 Å². The summed E-state index contributed by atoms with van der Waals surface area (Å²) in [6.45, 7) is 19.2. The number of aromatic nitrogens is 1. The first-order valence-electron chi connectivity index (χ1n) is 15.0. The van der Waals surface area contributed by atoms with Gasteiger partial charge in [0, 0.05) is 12.3 Å². The predicted molar refractivity (Wildman–Crippen MR) is 151 cm³/mol. The van der Waals surface area contributed by atoms with E-state index in [0.29, 0.717) is 17.4 Å². The predicted octanol–water partition coefficient (Wildman–Crippen LogP) is 8.34. The maximum absolute atomic E-state index is 11.8. The van der Waals surface area contributed by atoms with Crippen molar-refractivity contribution in [1.82, 2.24) is 4.98 Å². The summed E-state index contributed by atoms with van der Waals surface area (Å²) in [6, 6.07) is 6.00. The normalized spacial score (nSPS) is 42.7. The quantitative estimate of drug-likeness (QED) is 0.413. The minimum Gasteiger partial charge on any atom is -0.414 e. The molecule has 0 bridgehead atoms. The Kier molecular flexibility index (Phi) is 6.65. The molecule has 5 rings (SSSR count). The van der Waals surface area contributed by atoms with E-state index in [9.17, 15) is 5.11 Å². The van der Waals surface area contributed by atoms with Crippen molar-refractivity contribution in [3.63, 3.8) is 0 Å². The molecule has 4 saturated carbocycles. The first kappa shape index (κ1) is 26.9. The van der Waals surface area contributed by atoms with Crippen molar-refractivity contribution in [2.75, 3.05) is 0 Å². The zero-order valence-corrected chi connectivity index (χ0v) is 25.4. The first-order chi connectivity index (χ1) is 16.7. The Hall–Kier alpha value is -0.713. The zero-order valence-electron chi connectivity index (χ0n) is 24.4. The summed E-state index contributed by atoms with van der Waals surface area (Å²) in [4.78, 5) is 4.60. The van der Waals surface area contributed by atoms with Gasteiger partial charge < -0.3 is 9.53 Å². The van der Waals surface area contributed by atoms with E-state index in [1.54, 1.807) is 0 Å². The van der Waals surface area contributed by atoms with Crippen LogP contribution in [-0.4, -0.2) is 24.5 Å². The number of nitrogens with zero attached hydrogens (tertiary/aromatic N) is 1. The largest absolute Gasteiger partial charge is 0.414 e. The van der Waals surface area contributed by atoms with Gasteiger partial charge in [-0.15, -0.1) is 0 Å². The molecule has 0 aliphatic heterocycles. The van der Waals surface area contributed by atoms with E-state index >= 15 is 0 Å². The molecular formula is C32H53NO2Si. The van der Waals surface area contributed by atoms with Gasteiger partial charge in [-0.2, -0.15) is 0 Å². The fourth-order valence-electron chi connectivity index (χ4n) is 9.68. The second kappa shape index (κ2) is 8.91. The first-order valence-corrected chi connectivity index (χ1v) is 17.9. The lowest BCUT2D eigenvalue weighted by atomic mass is 9.44. The number of hydrogen-bond acceptors (Lipinski definition) is 3. The number of aliphatic hydroxyl groups is 1. The Balaban J connectivity index is 1.32. The third-order valence-corrected chi connectivity index (χ3v) is 17.3. The molecule has 0 radical (unpaired) electrons. The van der Waals surface area contributed by atoms with E-state index in [2.05, 4.69) is 52.7 Å². The Morgan fingerprint density at radius 1 is 0.917 bits per heavy atom. The van der Waals surface area contributed by atoms with Gasteiger partial charge in [0.05, 0.1) is 5.69 Å². The molecule has 1 aromatic rings. The van der Waals surface area contributed by atoms with Gasteiger partial charge >= 0.3 is 0 Å². The smallest absolute Gasteiger partial charge is 0.192 e. The van der Waals surface area contributed by atoms with Crippen LogP contribution in [0.3, 0.4) is 0 Å². The molecule has 9 atom stereocenters. The summed E-state index contributed by atoms with van der Waals surface area (Å²) >= 11 is 0. The van der Waals surface area contributed by atoms with Crippen molar-refractivity contribution in [3.05, 3.63) is 30.1 Å². The molecule has 36 heavy (non-hydrogen) atoms. The highest BCUT2D eigenvalue weighted by Gasteiger charge is 2.63. The van der Waals surface area contributed by atoms with Crippen LogP contribution in [0.5, 0.6) is 0 Å². The summed E-state index contributed by atoms with van der Waals surface area (Å²) in [7, 11) is -1.72. The standard InChI is InChI=1S/C32H53NO2Si/c1-29(2,3)36(7,8)35-23-16-18-30(4)22(21-23)12-13-24-25-14-15-27(31(25,5)19-17-26(24)30)32(6,34)28-11-9-10-20-33-28/h9-11,20,22-27,34H,12-19,21H2,1-8H3/t22-,23-,24-,25-,26-,27-,30-,31-,32+/m0/s1. The minimum absolute atomic E-state index is 0.216. The number of fused-ring (bicyclic) bond motifs is 5. The van der Waals surface area contributed by atoms with Crippen LogP contribution in [0.15, 0.2) is 24.4 Å². The van der Waals surface area contributed by atoms with Gasteiger partial charge in [0.15, 0.2) is 8.32 Å². The van der Waals surface area contributed by atoms with E-state index in [1.807, 2.05) is 31.3 Å². The molecule has 0 spiro atoms. The van der Waals surface area contributed by atoms with E-state index in [0.717, 1.165) is 35.8 Å². The fraction of sp³-hybridized carbons (Fsp3) is 0.844. The lowest BCUT2D eigenvalue weighted by Gasteiger charge is -2.62. The molecule has 4 aliphatic carbocycles. The summed E-state index contributed by atoms with van der Waals surface area (Å²) in [5.41, 5.74) is 0.695. The molecule has 4 aliphatic rings. The molecule has 0 amide bonds. The Morgan fingerprint density at radius 3 is 2.28 bits per heavy atom. The number of pyridine rings is 1. The Bertz CT molecular complexity index is 939. The van der Waals surface area contributed by atoms with Gasteiger partial charge in [-0.05, 0) is 135 Å². The van der Waals surface area contributed by atoms with Crippen molar-refractivity contribution < 1.29 is 9.53 Å². The number of hydrogen-bond donors (Lipinski definition) is 1. The number of rotatable bonds is 4. The van der Waals surface area contributed by atoms with Crippen LogP contribution in [0.25, 0.3) is 0 Å². The van der Waals surface area contributed by atoms with Crippen LogP contribution >= 0.6 is 0 Å². The van der Waals surface area contributed by atoms with Crippen molar-refractivity contribution in [3.8, 4) is 0 Å². The van der Waals surface area contributed by atoms with Crippen molar-refractivity contribution in [1.29, 1.82) is 0 Å². The third kappa shape index (κ3) is 4.16. The Morgan fingerprint density at radius 2 is 1.61 bits per heavy atom. The fourth-order valence-corrected chi connectivity index (χ4v) is 11.1. The monoisotopic (exact) mass is 511 g/mol. The van der Waals surface area contributed by atoms with Crippen LogP contribution < -0.4 is 0 Å². The Labute approximate surface area is 222 Å². The second-order valence-corrected chi connectivity index (χ2v) is 20.2. The van der Waals surface area contributed by atoms with Gasteiger partial charge in [-0.3, -0.25) is 4.98 Å². The highest BCUT2D eigenvalue weighted by Crippen LogP contribution is 2.69. The zero-order chi connectivity index (χ0) is 26.1. The van der Waals surface area contributed by atoms with E-state index in [1.165, 1.54) is 51.4 Å². The highest BCUT2D eigenvalue weighted by molar-refractivity contribution is 6.74. The van der Waals surface area contributed by atoms with Crippen molar-refractivity contribution in [2.24, 2.45) is 40.4 Å². The summed E-state index contributed by atoms with van der Waals surface area (Å²) < 4.78 is 6.96. The van der Waals surface area contributed by atoms with Crippen molar-refractivity contribution >= 4 is 8.32 Å². The molecule has 0 aromatic carbocycles. The van der Waals surface area contributed by atoms with Gasteiger partial charge in [-0.25, -0.2) is 0 Å². The molecule has 0 unspecified atom stereocenters. The molecular weight excluding hydrogens is 458 g/mol. The molecule has 202 valence electrons. The maximum atomic E-state index is 11.8. The van der Waals surface area contributed by atoms with Gasteiger partial charge in [0.2, 0.25) is 0 Å². The molecule has 1 aromatic heterocycles. The van der Waals surface area contributed by atoms with E-state index < -0.39 is 13.9 Å². The molecule has 4 heteroatoms. The van der Waals surface area contributed by atoms with Crippen LogP contribution in [-0.2, 0) is 10.0 Å². The minimum atomic E-state index is -1.72. The lowest BCUT2D eigenvalue weighted by molar-refractivity contribution is -0.144. The summed E-state index contributed by atoms with van der Waals surface area (Å²) in [5.74, 6) is 3.54. The summed E-state index contributed by atoms with van der Waals surface area (Å²) in [5, 5.41) is 12.1. The van der Waals surface area contributed by atoms with E-state index in [4.69, 9.17) is 4.43 Å². The van der Waals surface area contributed by atoms with Crippen LogP contribution in [0.2, 0.25) is 18.1 Å². The lowest BCUT2D eigenvalue weighted by Crippen LogP contribution is -2.56. The average molecular weight is 512 g/mol. The van der Waals surface area contributed by atoms with Crippen LogP contribution in [0.4, 0.5) is 0 Å². The van der Waals surface area contributed by atoms with Crippen LogP contribution in [0, 0.1) is 40.4 Å². The molecule has 1 heterocycles. The average Bonchev–Trinajstić information content (AvgIpc) is 3.17.